The molecular formula is C11H28N2O7Si2. The number of carbonyl (C=O) groups excluding carboxylic acids is 1. The fraction of sp³-hybridized carbons (Fsp3) is 0.909. The lowest BCUT2D eigenvalue weighted by molar-refractivity contribution is 0.123. The summed E-state index contributed by atoms with van der Waals surface area (Å²) >= 11 is 0. The molecule has 0 saturated carbocycles. The fourth-order valence-electron chi connectivity index (χ4n) is 1.83. The van der Waals surface area contributed by atoms with E-state index in [0.717, 1.165) is 0 Å². The highest BCUT2D eigenvalue weighted by molar-refractivity contribution is 6.61. The van der Waals surface area contributed by atoms with E-state index >= 15 is 0 Å². The second-order valence-corrected chi connectivity index (χ2v) is 10.5. The molecule has 0 aromatic carbocycles. The van der Waals surface area contributed by atoms with Crippen molar-refractivity contribution in [3.8, 4) is 0 Å². The second kappa shape index (κ2) is 11.1. The van der Waals surface area contributed by atoms with Crippen LogP contribution in [-0.2, 0) is 26.6 Å². The van der Waals surface area contributed by atoms with Crippen LogP contribution in [0.15, 0.2) is 0 Å². The van der Waals surface area contributed by atoms with Gasteiger partial charge in [0.15, 0.2) is 0 Å². The summed E-state index contributed by atoms with van der Waals surface area (Å²) in [5.74, 6) is 0. The summed E-state index contributed by atoms with van der Waals surface area (Å²) in [6, 6.07) is 0.672. The highest BCUT2D eigenvalue weighted by Gasteiger charge is 2.38. The maximum Gasteiger partial charge on any atom is 0.501 e. The summed E-state index contributed by atoms with van der Waals surface area (Å²) in [5, 5.41) is 5.44. The molecule has 0 radical (unpaired) electrons. The first kappa shape index (κ1) is 21.5. The van der Waals surface area contributed by atoms with Crippen LogP contribution < -0.4 is 10.6 Å². The summed E-state index contributed by atoms with van der Waals surface area (Å²) in [4.78, 5) is 11.7. The van der Waals surface area contributed by atoms with Crippen molar-refractivity contribution in [2.45, 2.75) is 12.1 Å². The van der Waals surface area contributed by atoms with Crippen LogP contribution in [0.3, 0.4) is 0 Å². The van der Waals surface area contributed by atoms with Gasteiger partial charge in [-0.15, -0.1) is 0 Å². The van der Waals surface area contributed by atoms with Gasteiger partial charge in [0, 0.05) is 67.8 Å². The molecule has 0 fully saturated rings. The summed E-state index contributed by atoms with van der Waals surface area (Å²) in [6.45, 7) is 0.768. The third-order valence-electron chi connectivity index (χ3n) is 3.30. The summed E-state index contributed by atoms with van der Waals surface area (Å²) in [5.41, 5.74) is 0. The zero-order chi connectivity index (χ0) is 17.1. The van der Waals surface area contributed by atoms with Crippen LogP contribution in [0, 0.1) is 0 Å². The molecule has 0 aromatic heterocycles. The quantitative estimate of drug-likeness (QED) is 0.477. The number of carbonyl (C=O) groups is 1. The predicted molar refractivity (Wildman–Crippen MR) is 84.6 cm³/mol. The molecule has 0 aliphatic rings. The molecule has 0 heterocycles. The van der Waals surface area contributed by atoms with Crippen molar-refractivity contribution >= 4 is 23.6 Å². The number of hydrogen-bond acceptors (Lipinski definition) is 7. The molecule has 2 N–H and O–H groups in total. The van der Waals surface area contributed by atoms with Crippen molar-refractivity contribution in [2.75, 3.05) is 55.7 Å². The maximum atomic E-state index is 11.7. The van der Waals surface area contributed by atoms with E-state index in [1.165, 1.54) is 42.7 Å². The van der Waals surface area contributed by atoms with Gasteiger partial charge in [0.2, 0.25) is 0 Å². The van der Waals surface area contributed by atoms with E-state index in [1.807, 2.05) is 0 Å². The Kier molecular flexibility index (Phi) is 10.8. The topological polar surface area (TPSA) is 96.5 Å². The molecule has 0 bridgehead atoms. The van der Waals surface area contributed by atoms with E-state index in [9.17, 15) is 4.79 Å². The average Bonchev–Trinajstić information content (AvgIpc) is 2.56. The van der Waals surface area contributed by atoms with Crippen LogP contribution in [0.4, 0.5) is 4.79 Å². The molecule has 0 unspecified atom stereocenters. The Balaban J connectivity index is 4.06. The minimum atomic E-state index is -2.66. The Labute approximate surface area is 134 Å². The van der Waals surface area contributed by atoms with Gasteiger partial charge in [0.25, 0.3) is 0 Å². The molecule has 0 aliphatic carbocycles. The first-order chi connectivity index (χ1) is 10.5. The van der Waals surface area contributed by atoms with Crippen molar-refractivity contribution in [3.63, 3.8) is 0 Å². The number of nitrogens with one attached hydrogen (secondary N) is 2. The smallest absolute Gasteiger partial charge is 0.377 e. The van der Waals surface area contributed by atoms with Crippen LogP contribution >= 0.6 is 0 Å². The van der Waals surface area contributed by atoms with E-state index < -0.39 is 17.6 Å². The van der Waals surface area contributed by atoms with Gasteiger partial charge in [-0.1, -0.05) is 0 Å². The number of rotatable bonds is 12. The largest absolute Gasteiger partial charge is 0.501 e. The van der Waals surface area contributed by atoms with E-state index in [1.54, 1.807) is 0 Å². The highest BCUT2D eigenvalue weighted by Crippen LogP contribution is 2.12. The lowest BCUT2D eigenvalue weighted by Gasteiger charge is -2.25. The van der Waals surface area contributed by atoms with Crippen molar-refractivity contribution in [1.82, 2.24) is 10.6 Å². The van der Waals surface area contributed by atoms with Crippen LogP contribution in [-0.4, -0.2) is 79.4 Å². The van der Waals surface area contributed by atoms with Gasteiger partial charge in [-0.25, -0.2) is 4.79 Å². The van der Waals surface area contributed by atoms with Crippen LogP contribution in [0.2, 0.25) is 12.1 Å². The SMILES string of the molecule is CO[Si](CCNC(=O)NCC[Si](OC)(OC)OC)(OC)OC. The molecule has 11 heteroatoms. The molecule has 132 valence electrons. The van der Waals surface area contributed by atoms with Crippen molar-refractivity contribution in [2.24, 2.45) is 0 Å². The lowest BCUT2D eigenvalue weighted by atomic mass is 10.7. The minimum absolute atomic E-state index is 0.294. The third-order valence-corrected chi connectivity index (χ3v) is 8.76. The molecule has 0 saturated heterocycles. The molecule has 2 amide bonds. The first-order valence-corrected chi connectivity index (χ1v) is 10.7. The molecule has 0 atom stereocenters. The normalized spacial score (nSPS) is 12.3. The molecule has 0 rings (SSSR count). The molecular weight excluding hydrogens is 328 g/mol. The van der Waals surface area contributed by atoms with Gasteiger partial charge in [0.1, 0.15) is 0 Å². The second-order valence-electron chi connectivity index (χ2n) is 4.27. The van der Waals surface area contributed by atoms with Gasteiger partial charge in [-0.05, 0) is 0 Å². The zero-order valence-corrected chi connectivity index (χ0v) is 16.2. The number of hydrogen-bond donors (Lipinski definition) is 2. The monoisotopic (exact) mass is 356 g/mol. The minimum Gasteiger partial charge on any atom is -0.377 e. The Morgan fingerprint density at radius 2 is 0.955 bits per heavy atom. The van der Waals surface area contributed by atoms with Gasteiger partial charge >= 0.3 is 23.6 Å². The summed E-state index contributed by atoms with van der Waals surface area (Å²) < 4.78 is 31.6. The van der Waals surface area contributed by atoms with Gasteiger partial charge in [-0.3, -0.25) is 0 Å². The number of urea groups is 1. The third kappa shape index (κ3) is 6.70. The van der Waals surface area contributed by atoms with E-state index in [4.69, 9.17) is 26.6 Å². The Hall–Kier alpha value is -0.536. The Morgan fingerprint density at radius 1 is 0.682 bits per heavy atom. The summed E-state index contributed by atoms with van der Waals surface area (Å²) in [7, 11) is 3.87. The van der Waals surface area contributed by atoms with E-state index in [-0.39, 0.29) is 6.03 Å². The zero-order valence-electron chi connectivity index (χ0n) is 14.2. The average molecular weight is 357 g/mol. The van der Waals surface area contributed by atoms with Crippen LogP contribution in [0.5, 0.6) is 0 Å². The molecule has 0 aliphatic heterocycles. The maximum absolute atomic E-state index is 11.7. The Morgan fingerprint density at radius 3 is 1.18 bits per heavy atom. The molecule has 9 nitrogen and oxygen atoms in total. The van der Waals surface area contributed by atoms with Gasteiger partial charge in [0.05, 0.1) is 0 Å². The first-order valence-electron chi connectivity index (χ1n) is 6.79. The van der Waals surface area contributed by atoms with Gasteiger partial charge < -0.3 is 37.2 Å². The van der Waals surface area contributed by atoms with Crippen molar-refractivity contribution < 1.29 is 31.4 Å². The number of amides is 2. The van der Waals surface area contributed by atoms with Crippen LogP contribution in [0.25, 0.3) is 0 Å². The molecule has 0 aromatic rings. The molecule has 22 heavy (non-hydrogen) atoms. The highest BCUT2D eigenvalue weighted by atomic mass is 28.4. The predicted octanol–water partition coefficient (Wildman–Crippen LogP) is 0.0418. The molecule has 0 spiro atoms. The van der Waals surface area contributed by atoms with Crippen LogP contribution in [0.1, 0.15) is 0 Å². The fourth-order valence-corrected chi connectivity index (χ4v) is 4.92. The lowest BCUT2D eigenvalue weighted by Crippen LogP contribution is -2.48. The van der Waals surface area contributed by atoms with Crippen molar-refractivity contribution in [1.29, 1.82) is 0 Å². The van der Waals surface area contributed by atoms with Gasteiger partial charge in [-0.2, -0.15) is 0 Å². The Bertz CT molecular complexity index is 270. The standard InChI is InChI=1S/C11H28N2O7Si2/c1-15-21(16-2,17-3)9-7-12-11(14)13-8-10-22(18-4,19-5)20-6/h7-10H2,1-6H3,(H2,12,13,14). The van der Waals surface area contributed by atoms with E-state index in [2.05, 4.69) is 10.6 Å². The summed E-state index contributed by atoms with van der Waals surface area (Å²) in [6.07, 6.45) is 0. The van der Waals surface area contributed by atoms with E-state index in [0.29, 0.717) is 25.2 Å². The van der Waals surface area contributed by atoms with Crippen molar-refractivity contribution in [3.05, 3.63) is 0 Å².